The lowest BCUT2D eigenvalue weighted by Crippen LogP contribution is -2.19. The maximum atomic E-state index is 13.3. The monoisotopic (exact) mass is 318 g/mol. The summed E-state index contributed by atoms with van der Waals surface area (Å²) in [7, 11) is 0. The molecule has 0 aliphatic carbocycles. The molecule has 0 saturated carbocycles. The van der Waals surface area contributed by atoms with E-state index in [-0.39, 0.29) is 37.4 Å². The van der Waals surface area contributed by atoms with Crippen LogP contribution < -0.4 is 15.8 Å². The molecule has 2 rings (SSSR count). The van der Waals surface area contributed by atoms with E-state index in [1.54, 1.807) is 0 Å². The summed E-state index contributed by atoms with van der Waals surface area (Å²) < 4.78 is 24.3. The molecular formula is C14H20ClFN2O3. The number of halogens is 2. The Labute approximate surface area is 129 Å². The summed E-state index contributed by atoms with van der Waals surface area (Å²) in [5.41, 5.74) is 5.63. The summed E-state index contributed by atoms with van der Waals surface area (Å²) in [6.07, 6.45) is 2.22. The van der Waals surface area contributed by atoms with E-state index in [2.05, 4.69) is 5.32 Å². The van der Waals surface area contributed by atoms with Crippen LogP contribution in [0.2, 0.25) is 0 Å². The highest BCUT2D eigenvalue weighted by atomic mass is 35.5. The number of nitrogens with one attached hydrogen (secondary N) is 1. The standard InChI is InChI=1S/C14H19FN2O3.ClH/c15-10-3-4-13(20-9-11-2-1-7-19-11)12(8-10)17-14(18)5-6-16;/h3-4,8,11H,1-2,5-7,9,16H2,(H,17,18);1H. The molecule has 7 heteroatoms. The van der Waals surface area contributed by atoms with Gasteiger partial charge in [-0.2, -0.15) is 0 Å². The van der Waals surface area contributed by atoms with Crippen LogP contribution in [-0.4, -0.2) is 31.8 Å². The van der Waals surface area contributed by atoms with E-state index in [9.17, 15) is 9.18 Å². The van der Waals surface area contributed by atoms with Crippen molar-refractivity contribution in [1.29, 1.82) is 0 Å². The summed E-state index contributed by atoms with van der Waals surface area (Å²) in [6, 6.07) is 4.03. The van der Waals surface area contributed by atoms with Crippen LogP contribution in [0.1, 0.15) is 19.3 Å². The molecule has 1 unspecified atom stereocenters. The van der Waals surface area contributed by atoms with Crippen LogP contribution in [0.3, 0.4) is 0 Å². The van der Waals surface area contributed by atoms with Gasteiger partial charge in [0.25, 0.3) is 0 Å². The molecular weight excluding hydrogens is 299 g/mol. The van der Waals surface area contributed by atoms with Crippen LogP contribution in [0.15, 0.2) is 18.2 Å². The molecule has 1 atom stereocenters. The fraction of sp³-hybridized carbons (Fsp3) is 0.500. The van der Waals surface area contributed by atoms with E-state index in [0.717, 1.165) is 19.4 Å². The van der Waals surface area contributed by atoms with Gasteiger partial charge < -0.3 is 20.5 Å². The molecule has 1 aliphatic rings. The van der Waals surface area contributed by atoms with Crippen LogP contribution in [-0.2, 0) is 9.53 Å². The van der Waals surface area contributed by atoms with Crippen molar-refractivity contribution in [3.05, 3.63) is 24.0 Å². The van der Waals surface area contributed by atoms with Crippen LogP contribution >= 0.6 is 12.4 Å². The van der Waals surface area contributed by atoms with Gasteiger partial charge in [-0.25, -0.2) is 4.39 Å². The highest BCUT2D eigenvalue weighted by Crippen LogP contribution is 2.26. The third-order valence-electron chi connectivity index (χ3n) is 3.04. The summed E-state index contributed by atoms with van der Waals surface area (Å²) >= 11 is 0. The van der Waals surface area contributed by atoms with Crippen LogP contribution in [0.4, 0.5) is 10.1 Å². The van der Waals surface area contributed by atoms with Crippen molar-refractivity contribution in [3.63, 3.8) is 0 Å². The van der Waals surface area contributed by atoms with E-state index in [4.69, 9.17) is 15.2 Å². The van der Waals surface area contributed by atoms with Gasteiger partial charge in [-0.1, -0.05) is 0 Å². The third kappa shape index (κ3) is 5.49. The van der Waals surface area contributed by atoms with Crippen LogP contribution in [0, 0.1) is 5.82 Å². The number of hydrogen-bond acceptors (Lipinski definition) is 4. The molecule has 0 spiro atoms. The Morgan fingerprint density at radius 3 is 3.00 bits per heavy atom. The highest BCUT2D eigenvalue weighted by molar-refractivity contribution is 5.92. The molecule has 1 aromatic rings. The fourth-order valence-corrected chi connectivity index (χ4v) is 2.03. The van der Waals surface area contributed by atoms with E-state index >= 15 is 0 Å². The smallest absolute Gasteiger partial charge is 0.225 e. The predicted octanol–water partition coefficient (Wildman–Crippen LogP) is 2.09. The number of benzene rings is 1. The number of nitrogens with two attached hydrogens (primary N) is 1. The zero-order valence-corrected chi connectivity index (χ0v) is 12.5. The largest absolute Gasteiger partial charge is 0.489 e. The SMILES string of the molecule is Cl.NCCC(=O)Nc1cc(F)ccc1OCC1CCCO1. The Balaban J connectivity index is 0.00000220. The van der Waals surface area contributed by atoms with Gasteiger partial charge in [0, 0.05) is 25.6 Å². The summed E-state index contributed by atoms with van der Waals surface area (Å²) in [5, 5.41) is 2.60. The Kier molecular flexibility index (Phi) is 7.42. The fourth-order valence-electron chi connectivity index (χ4n) is 2.03. The molecule has 1 saturated heterocycles. The molecule has 1 heterocycles. The average molecular weight is 319 g/mol. The minimum atomic E-state index is -0.433. The summed E-state index contributed by atoms with van der Waals surface area (Å²) in [4.78, 5) is 11.5. The molecule has 1 aliphatic heterocycles. The number of ether oxygens (including phenoxy) is 2. The molecule has 5 nitrogen and oxygen atoms in total. The van der Waals surface area contributed by atoms with Crippen LogP contribution in [0.5, 0.6) is 5.75 Å². The second-order valence-corrected chi connectivity index (χ2v) is 4.67. The quantitative estimate of drug-likeness (QED) is 0.842. The minimum Gasteiger partial charge on any atom is -0.489 e. The molecule has 0 aromatic heterocycles. The van der Waals surface area contributed by atoms with E-state index in [0.29, 0.717) is 18.0 Å². The number of hydrogen-bond donors (Lipinski definition) is 2. The molecule has 0 radical (unpaired) electrons. The predicted molar refractivity (Wildman–Crippen MR) is 80.4 cm³/mol. The first-order valence-electron chi connectivity index (χ1n) is 6.73. The van der Waals surface area contributed by atoms with E-state index in [1.165, 1.54) is 18.2 Å². The van der Waals surface area contributed by atoms with Gasteiger partial charge in [-0.3, -0.25) is 4.79 Å². The van der Waals surface area contributed by atoms with Crippen molar-refractivity contribution >= 4 is 24.0 Å². The zero-order valence-electron chi connectivity index (χ0n) is 11.6. The van der Waals surface area contributed by atoms with Crippen molar-refractivity contribution in [3.8, 4) is 5.75 Å². The van der Waals surface area contributed by atoms with Gasteiger partial charge in [-0.15, -0.1) is 12.4 Å². The Morgan fingerprint density at radius 1 is 1.52 bits per heavy atom. The lowest BCUT2D eigenvalue weighted by molar-refractivity contribution is -0.116. The molecule has 1 aromatic carbocycles. The minimum absolute atomic E-state index is 0. The van der Waals surface area contributed by atoms with Crippen molar-refractivity contribution < 1.29 is 18.7 Å². The van der Waals surface area contributed by atoms with E-state index < -0.39 is 5.82 Å². The normalized spacial score (nSPS) is 17.1. The molecule has 3 N–H and O–H groups in total. The average Bonchev–Trinajstić information content (AvgIpc) is 2.91. The van der Waals surface area contributed by atoms with Crippen molar-refractivity contribution in [2.24, 2.45) is 5.73 Å². The lowest BCUT2D eigenvalue weighted by atomic mass is 10.2. The van der Waals surface area contributed by atoms with Gasteiger partial charge in [0.1, 0.15) is 18.2 Å². The first-order valence-corrected chi connectivity index (χ1v) is 6.73. The topological polar surface area (TPSA) is 73.6 Å². The number of carbonyl (C=O) groups excluding carboxylic acids is 1. The Hall–Kier alpha value is -1.37. The number of rotatable bonds is 6. The van der Waals surface area contributed by atoms with Crippen molar-refractivity contribution in [2.45, 2.75) is 25.4 Å². The first-order chi connectivity index (χ1) is 9.69. The molecule has 1 fully saturated rings. The zero-order chi connectivity index (χ0) is 14.4. The number of anilines is 1. The van der Waals surface area contributed by atoms with Crippen molar-refractivity contribution in [1.82, 2.24) is 0 Å². The van der Waals surface area contributed by atoms with Crippen LogP contribution in [0.25, 0.3) is 0 Å². The molecule has 21 heavy (non-hydrogen) atoms. The number of amides is 1. The first kappa shape index (κ1) is 17.7. The van der Waals surface area contributed by atoms with Gasteiger partial charge in [0.15, 0.2) is 0 Å². The maximum Gasteiger partial charge on any atom is 0.225 e. The Morgan fingerprint density at radius 2 is 2.33 bits per heavy atom. The summed E-state index contributed by atoms with van der Waals surface area (Å²) in [6.45, 7) is 1.39. The summed E-state index contributed by atoms with van der Waals surface area (Å²) in [5.74, 6) is -0.259. The molecule has 0 bridgehead atoms. The molecule has 1 amide bonds. The lowest BCUT2D eigenvalue weighted by Gasteiger charge is -2.15. The van der Waals surface area contributed by atoms with Gasteiger partial charge in [0.05, 0.1) is 11.8 Å². The van der Waals surface area contributed by atoms with E-state index in [1.807, 2.05) is 0 Å². The van der Waals surface area contributed by atoms with Gasteiger partial charge >= 0.3 is 0 Å². The Bertz CT molecular complexity index is 468. The van der Waals surface area contributed by atoms with Crippen molar-refractivity contribution in [2.75, 3.05) is 25.1 Å². The third-order valence-corrected chi connectivity index (χ3v) is 3.04. The number of carbonyl (C=O) groups is 1. The van der Waals surface area contributed by atoms with Gasteiger partial charge in [-0.05, 0) is 25.0 Å². The van der Waals surface area contributed by atoms with Gasteiger partial charge in [0.2, 0.25) is 5.91 Å². The highest BCUT2D eigenvalue weighted by Gasteiger charge is 2.17. The maximum absolute atomic E-state index is 13.3. The second kappa shape index (κ2) is 8.81. The molecule has 118 valence electrons. The second-order valence-electron chi connectivity index (χ2n) is 4.67.